The molecule has 2 aliphatic rings. The van der Waals surface area contributed by atoms with Gasteiger partial charge in [-0.1, -0.05) is 31.0 Å². The van der Waals surface area contributed by atoms with Crippen LogP contribution in [-0.4, -0.2) is 31.1 Å². The van der Waals surface area contributed by atoms with Crippen molar-refractivity contribution in [2.24, 2.45) is 11.7 Å². The van der Waals surface area contributed by atoms with E-state index in [9.17, 15) is 0 Å². The van der Waals surface area contributed by atoms with Crippen LogP contribution in [-0.2, 0) is 0 Å². The second-order valence-corrected chi connectivity index (χ2v) is 6.24. The van der Waals surface area contributed by atoms with Crippen LogP contribution in [0.3, 0.4) is 0 Å². The molecule has 1 heterocycles. The van der Waals surface area contributed by atoms with Gasteiger partial charge in [-0.25, -0.2) is 0 Å². The maximum Gasteiger partial charge on any atom is 0.123 e. The maximum atomic E-state index is 6.45. The second kappa shape index (κ2) is 6.15. The van der Waals surface area contributed by atoms with E-state index < -0.39 is 0 Å². The Morgan fingerprint density at radius 2 is 2.05 bits per heavy atom. The van der Waals surface area contributed by atoms with Crippen molar-refractivity contribution in [2.75, 3.05) is 20.2 Å². The summed E-state index contributed by atoms with van der Waals surface area (Å²) in [5, 5.41) is 0. The summed E-state index contributed by atoms with van der Waals surface area (Å²) in [6, 6.07) is 8.98. The van der Waals surface area contributed by atoms with E-state index in [0.717, 1.165) is 29.8 Å². The van der Waals surface area contributed by atoms with E-state index in [4.69, 9.17) is 10.5 Å². The third kappa shape index (κ3) is 2.70. The largest absolute Gasteiger partial charge is 0.496 e. The Bertz CT molecular complexity index is 448. The van der Waals surface area contributed by atoms with Gasteiger partial charge >= 0.3 is 0 Å². The quantitative estimate of drug-likeness (QED) is 0.917. The minimum absolute atomic E-state index is 0.0480. The molecule has 1 aliphatic heterocycles. The third-order valence-electron chi connectivity index (χ3n) is 5.09. The monoisotopic (exact) mass is 274 g/mol. The number of ether oxygens (including phenoxy) is 1. The fraction of sp³-hybridized carbons (Fsp3) is 0.647. The lowest BCUT2D eigenvalue weighted by Crippen LogP contribution is -2.39. The minimum Gasteiger partial charge on any atom is -0.496 e. The highest BCUT2D eigenvalue weighted by Crippen LogP contribution is 2.37. The molecule has 3 atom stereocenters. The Morgan fingerprint density at radius 3 is 2.90 bits per heavy atom. The van der Waals surface area contributed by atoms with Gasteiger partial charge in [-0.15, -0.1) is 0 Å². The molecule has 1 saturated heterocycles. The van der Waals surface area contributed by atoms with Crippen LogP contribution < -0.4 is 10.5 Å². The van der Waals surface area contributed by atoms with E-state index >= 15 is 0 Å². The number of hydrogen-bond acceptors (Lipinski definition) is 3. The molecular formula is C17H26N2O. The van der Waals surface area contributed by atoms with Crippen LogP contribution in [0.4, 0.5) is 0 Å². The molecule has 3 unspecified atom stereocenters. The number of para-hydroxylation sites is 1. The topological polar surface area (TPSA) is 38.5 Å². The summed E-state index contributed by atoms with van der Waals surface area (Å²) in [4.78, 5) is 2.63. The number of nitrogens with two attached hydrogens (primary N) is 1. The smallest absolute Gasteiger partial charge is 0.123 e. The van der Waals surface area contributed by atoms with E-state index in [-0.39, 0.29) is 6.04 Å². The number of hydrogen-bond donors (Lipinski definition) is 1. The van der Waals surface area contributed by atoms with Crippen LogP contribution in [0.2, 0.25) is 0 Å². The summed E-state index contributed by atoms with van der Waals surface area (Å²) in [5.41, 5.74) is 7.58. The average Bonchev–Trinajstić information content (AvgIpc) is 2.90. The maximum absolute atomic E-state index is 6.45. The minimum atomic E-state index is 0.0480. The van der Waals surface area contributed by atoms with Gasteiger partial charge in [-0.3, -0.25) is 4.90 Å². The molecule has 1 aromatic rings. The molecule has 20 heavy (non-hydrogen) atoms. The summed E-state index contributed by atoms with van der Waals surface area (Å²) in [7, 11) is 1.72. The van der Waals surface area contributed by atoms with E-state index in [2.05, 4.69) is 11.0 Å². The molecule has 0 amide bonds. The summed E-state index contributed by atoms with van der Waals surface area (Å²) in [6.45, 7) is 2.18. The standard InChI is InChI=1S/C17H26N2O/c1-20-17-9-5-3-7-14(17)15(18)12-19-11-10-13-6-2-4-8-16(13)19/h3,5,7,9,13,15-16H,2,4,6,8,10-12,18H2,1H3. The van der Waals surface area contributed by atoms with E-state index in [1.165, 1.54) is 38.6 Å². The molecule has 0 bridgehead atoms. The molecular weight excluding hydrogens is 248 g/mol. The second-order valence-electron chi connectivity index (χ2n) is 6.24. The zero-order chi connectivity index (χ0) is 13.9. The van der Waals surface area contributed by atoms with Crippen molar-refractivity contribution in [1.82, 2.24) is 4.90 Å². The van der Waals surface area contributed by atoms with E-state index in [1.54, 1.807) is 7.11 Å². The predicted octanol–water partition coefficient (Wildman–Crippen LogP) is 2.96. The highest BCUT2D eigenvalue weighted by Gasteiger charge is 2.36. The lowest BCUT2D eigenvalue weighted by Gasteiger charge is -2.33. The zero-order valence-corrected chi connectivity index (χ0v) is 12.4. The van der Waals surface area contributed by atoms with Crippen molar-refractivity contribution in [2.45, 2.75) is 44.2 Å². The van der Waals surface area contributed by atoms with Crippen LogP contribution in [0.25, 0.3) is 0 Å². The summed E-state index contributed by atoms with van der Waals surface area (Å²) in [5.74, 6) is 1.84. The van der Waals surface area contributed by atoms with Gasteiger partial charge in [0.2, 0.25) is 0 Å². The number of methoxy groups -OCH3 is 1. The van der Waals surface area contributed by atoms with Gasteiger partial charge in [0.1, 0.15) is 5.75 Å². The van der Waals surface area contributed by atoms with Gasteiger partial charge in [0.15, 0.2) is 0 Å². The Balaban J connectivity index is 1.68. The molecule has 2 fully saturated rings. The van der Waals surface area contributed by atoms with Crippen LogP contribution in [0, 0.1) is 5.92 Å². The van der Waals surface area contributed by atoms with Crippen LogP contribution >= 0.6 is 0 Å². The van der Waals surface area contributed by atoms with Crippen molar-refractivity contribution in [3.05, 3.63) is 29.8 Å². The van der Waals surface area contributed by atoms with Crippen molar-refractivity contribution in [3.63, 3.8) is 0 Å². The van der Waals surface area contributed by atoms with Crippen LogP contribution in [0.1, 0.15) is 43.7 Å². The Labute approximate surface area is 122 Å². The van der Waals surface area contributed by atoms with Gasteiger partial charge in [0, 0.05) is 24.2 Å². The molecule has 0 radical (unpaired) electrons. The number of benzene rings is 1. The normalized spacial score (nSPS) is 28.1. The lowest BCUT2D eigenvalue weighted by atomic mass is 9.85. The first kappa shape index (κ1) is 13.9. The van der Waals surface area contributed by atoms with Gasteiger partial charge < -0.3 is 10.5 Å². The SMILES string of the molecule is COc1ccccc1C(N)CN1CCC2CCCCC21. The van der Waals surface area contributed by atoms with Crippen molar-refractivity contribution in [1.29, 1.82) is 0 Å². The Morgan fingerprint density at radius 1 is 1.25 bits per heavy atom. The lowest BCUT2D eigenvalue weighted by molar-refractivity contribution is 0.173. The molecule has 1 saturated carbocycles. The zero-order valence-electron chi connectivity index (χ0n) is 12.4. The summed E-state index contributed by atoms with van der Waals surface area (Å²) < 4.78 is 5.44. The fourth-order valence-corrected chi connectivity index (χ4v) is 4.05. The Kier molecular flexibility index (Phi) is 4.27. The van der Waals surface area contributed by atoms with Gasteiger partial charge in [0.25, 0.3) is 0 Å². The molecule has 3 nitrogen and oxygen atoms in total. The molecule has 2 N–H and O–H groups in total. The molecule has 1 aliphatic carbocycles. The molecule has 3 heteroatoms. The van der Waals surface area contributed by atoms with Crippen LogP contribution in [0.5, 0.6) is 5.75 Å². The molecule has 0 aromatic heterocycles. The summed E-state index contributed by atoms with van der Waals surface area (Å²) in [6.07, 6.45) is 6.97. The first-order valence-corrected chi connectivity index (χ1v) is 7.92. The van der Waals surface area contributed by atoms with Crippen LogP contribution in [0.15, 0.2) is 24.3 Å². The first-order valence-electron chi connectivity index (χ1n) is 7.92. The number of likely N-dealkylation sites (tertiary alicyclic amines) is 1. The van der Waals surface area contributed by atoms with Crippen molar-refractivity contribution in [3.8, 4) is 5.75 Å². The fourth-order valence-electron chi connectivity index (χ4n) is 4.05. The third-order valence-corrected chi connectivity index (χ3v) is 5.09. The van der Waals surface area contributed by atoms with Crippen molar-refractivity contribution < 1.29 is 4.74 Å². The van der Waals surface area contributed by atoms with Crippen molar-refractivity contribution >= 4 is 0 Å². The van der Waals surface area contributed by atoms with E-state index in [1.807, 2.05) is 18.2 Å². The summed E-state index contributed by atoms with van der Waals surface area (Å²) >= 11 is 0. The molecule has 3 rings (SSSR count). The Hall–Kier alpha value is -1.06. The highest BCUT2D eigenvalue weighted by atomic mass is 16.5. The number of fused-ring (bicyclic) bond motifs is 1. The number of nitrogens with zero attached hydrogens (tertiary/aromatic N) is 1. The number of rotatable bonds is 4. The molecule has 110 valence electrons. The van der Waals surface area contributed by atoms with E-state index in [0.29, 0.717) is 0 Å². The van der Waals surface area contributed by atoms with Gasteiger partial charge in [-0.05, 0) is 37.8 Å². The van der Waals surface area contributed by atoms with Gasteiger partial charge in [0.05, 0.1) is 7.11 Å². The first-order chi connectivity index (χ1) is 9.79. The molecule has 1 aromatic carbocycles. The average molecular weight is 274 g/mol. The molecule has 0 spiro atoms. The van der Waals surface area contributed by atoms with Gasteiger partial charge in [-0.2, -0.15) is 0 Å². The predicted molar refractivity (Wildman–Crippen MR) is 81.9 cm³/mol. The highest BCUT2D eigenvalue weighted by molar-refractivity contribution is 5.35.